The minimum atomic E-state index is -0.905. The van der Waals surface area contributed by atoms with Crippen molar-refractivity contribution in [1.29, 1.82) is 0 Å². The second-order valence-corrected chi connectivity index (χ2v) is 5.48. The van der Waals surface area contributed by atoms with E-state index >= 15 is 0 Å². The molecule has 0 amide bonds. The van der Waals surface area contributed by atoms with Crippen molar-refractivity contribution in [2.24, 2.45) is 5.41 Å². The van der Waals surface area contributed by atoms with Crippen LogP contribution in [0, 0.1) is 5.41 Å². The zero-order chi connectivity index (χ0) is 12.8. The summed E-state index contributed by atoms with van der Waals surface area (Å²) >= 11 is 0. The topological polar surface area (TPSA) is 55.8 Å². The van der Waals surface area contributed by atoms with Crippen LogP contribution < -0.4 is 0 Å². The Bertz CT molecular complexity index is 404. The van der Waals surface area contributed by atoms with Crippen molar-refractivity contribution in [3.05, 3.63) is 23.8 Å². The van der Waals surface area contributed by atoms with Gasteiger partial charge in [-0.25, -0.2) is 0 Å². The monoisotopic (exact) mass is 238 g/mol. The molecule has 0 unspecified atom stereocenters. The van der Waals surface area contributed by atoms with E-state index in [1.807, 2.05) is 32.1 Å². The van der Waals surface area contributed by atoms with Gasteiger partial charge in [-0.2, -0.15) is 0 Å². The Kier molecular flexibility index (Phi) is 2.67. The first-order valence-electron chi connectivity index (χ1n) is 5.72. The van der Waals surface area contributed by atoms with Crippen molar-refractivity contribution in [3.8, 4) is 0 Å². The average molecular weight is 238 g/mol. The number of aliphatic carboxylic acids is 1. The van der Waals surface area contributed by atoms with E-state index in [0.717, 1.165) is 5.57 Å². The molecule has 4 nitrogen and oxygen atoms in total. The Labute approximate surface area is 101 Å². The summed E-state index contributed by atoms with van der Waals surface area (Å²) in [6.07, 6.45) is 5.24. The summed E-state index contributed by atoms with van der Waals surface area (Å²) in [4.78, 5) is 11.2. The van der Waals surface area contributed by atoms with Crippen molar-refractivity contribution in [3.63, 3.8) is 0 Å². The van der Waals surface area contributed by atoms with Gasteiger partial charge in [0.05, 0.1) is 5.41 Å². The maximum atomic E-state index is 11.2. The van der Waals surface area contributed by atoms with Crippen molar-refractivity contribution in [2.45, 2.75) is 45.7 Å². The second-order valence-electron chi connectivity index (χ2n) is 5.48. The number of carboxylic acid groups (broad SMARTS) is 1. The number of ether oxygens (including phenoxy) is 2. The summed E-state index contributed by atoms with van der Waals surface area (Å²) in [7, 11) is 0. The first-order chi connectivity index (χ1) is 7.72. The highest BCUT2D eigenvalue weighted by atomic mass is 16.7. The third-order valence-electron chi connectivity index (χ3n) is 3.23. The molecule has 0 radical (unpaired) electrons. The molecule has 1 aliphatic carbocycles. The van der Waals surface area contributed by atoms with E-state index in [2.05, 4.69) is 0 Å². The van der Waals surface area contributed by atoms with Gasteiger partial charge in [0.1, 0.15) is 12.2 Å². The summed E-state index contributed by atoms with van der Waals surface area (Å²) in [6.45, 7) is 7.09. The quantitative estimate of drug-likeness (QED) is 0.800. The van der Waals surface area contributed by atoms with E-state index in [4.69, 9.17) is 9.47 Å². The van der Waals surface area contributed by atoms with E-state index in [1.165, 1.54) is 0 Å². The highest BCUT2D eigenvalue weighted by Crippen LogP contribution is 2.37. The summed E-state index contributed by atoms with van der Waals surface area (Å²) < 4.78 is 11.4. The number of carbonyl (C=O) groups is 1. The maximum absolute atomic E-state index is 11.2. The van der Waals surface area contributed by atoms with Crippen molar-refractivity contribution < 1.29 is 19.4 Å². The fourth-order valence-corrected chi connectivity index (χ4v) is 2.07. The van der Waals surface area contributed by atoms with Crippen molar-refractivity contribution in [2.75, 3.05) is 0 Å². The van der Waals surface area contributed by atoms with Gasteiger partial charge in [0.2, 0.25) is 0 Å². The number of allylic oxidation sites excluding steroid dienone is 1. The van der Waals surface area contributed by atoms with E-state index in [9.17, 15) is 9.90 Å². The highest BCUT2D eigenvalue weighted by molar-refractivity contribution is 5.78. The first kappa shape index (κ1) is 12.3. The zero-order valence-electron chi connectivity index (χ0n) is 10.6. The maximum Gasteiger partial charge on any atom is 0.313 e. The van der Waals surface area contributed by atoms with Crippen LogP contribution in [-0.2, 0) is 14.3 Å². The highest BCUT2D eigenvalue weighted by Gasteiger charge is 2.42. The molecular weight excluding hydrogens is 220 g/mol. The number of hydrogen-bond donors (Lipinski definition) is 1. The van der Waals surface area contributed by atoms with Gasteiger partial charge < -0.3 is 14.6 Å². The molecule has 0 bridgehead atoms. The number of hydrogen-bond acceptors (Lipinski definition) is 3. The van der Waals surface area contributed by atoms with E-state index in [-0.39, 0.29) is 12.2 Å². The third kappa shape index (κ3) is 2.15. The molecular formula is C13H18O4. The zero-order valence-corrected chi connectivity index (χ0v) is 10.6. The molecule has 17 heavy (non-hydrogen) atoms. The van der Waals surface area contributed by atoms with Crippen LogP contribution in [0.5, 0.6) is 0 Å². The predicted molar refractivity (Wildman–Crippen MR) is 62.5 cm³/mol. The Morgan fingerprint density at radius 2 is 1.94 bits per heavy atom. The van der Waals surface area contributed by atoms with Crippen LogP contribution in [0.2, 0.25) is 0 Å². The molecule has 0 spiro atoms. The fraction of sp³-hybridized carbons (Fsp3) is 0.615. The Balaban J connectivity index is 2.25. The minimum absolute atomic E-state index is 0.113. The molecule has 0 aromatic heterocycles. The molecule has 4 heteroatoms. The average Bonchev–Trinajstić information content (AvgIpc) is 2.49. The Morgan fingerprint density at radius 3 is 2.53 bits per heavy atom. The van der Waals surface area contributed by atoms with E-state index in [0.29, 0.717) is 0 Å². The van der Waals surface area contributed by atoms with Crippen LogP contribution in [0.15, 0.2) is 23.8 Å². The molecule has 2 atom stereocenters. The van der Waals surface area contributed by atoms with Gasteiger partial charge >= 0.3 is 5.97 Å². The van der Waals surface area contributed by atoms with E-state index < -0.39 is 17.2 Å². The van der Waals surface area contributed by atoms with Gasteiger partial charge in [0.15, 0.2) is 5.79 Å². The molecule has 1 aliphatic heterocycles. The van der Waals surface area contributed by atoms with Crippen LogP contribution in [0.1, 0.15) is 27.7 Å². The molecule has 2 rings (SSSR count). The Morgan fingerprint density at radius 1 is 1.35 bits per heavy atom. The van der Waals surface area contributed by atoms with E-state index in [1.54, 1.807) is 13.8 Å². The van der Waals surface area contributed by atoms with Crippen LogP contribution in [0.4, 0.5) is 0 Å². The summed E-state index contributed by atoms with van der Waals surface area (Å²) in [6, 6.07) is 0. The van der Waals surface area contributed by atoms with Crippen LogP contribution in [0.3, 0.4) is 0 Å². The van der Waals surface area contributed by atoms with Crippen LogP contribution >= 0.6 is 0 Å². The first-order valence-corrected chi connectivity index (χ1v) is 5.72. The molecule has 1 N–H and O–H groups in total. The lowest BCUT2D eigenvalue weighted by Gasteiger charge is -2.25. The van der Waals surface area contributed by atoms with Gasteiger partial charge in [0, 0.05) is 0 Å². The van der Waals surface area contributed by atoms with Crippen molar-refractivity contribution in [1.82, 2.24) is 0 Å². The lowest BCUT2D eigenvalue weighted by molar-refractivity contribution is -0.144. The molecule has 0 aromatic carbocycles. The van der Waals surface area contributed by atoms with Crippen molar-refractivity contribution >= 4 is 5.97 Å². The minimum Gasteiger partial charge on any atom is -0.481 e. The third-order valence-corrected chi connectivity index (χ3v) is 3.23. The number of carboxylic acids is 1. The molecule has 1 fully saturated rings. The van der Waals surface area contributed by atoms with Gasteiger partial charge in [-0.15, -0.1) is 0 Å². The number of fused-ring (bicyclic) bond motifs is 1. The molecule has 0 aromatic rings. The van der Waals surface area contributed by atoms with Gasteiger partial charge in [-0.05, 0) is 39.3 Å². The van der Waals surface area contributed by atoms with Gasteiger partial charge in [0.25, 0.3) is 0 Å². The molecule has 1 saturated heterocycles. The predicted octanol–water partition coefficient (Wildman–Crippen LogP) is 2.11. The van der Waals surface area contributed by atoms with Gasteiger partial charge in [-0.1, -0.05) is 12.2 Å². The summed E-state index contributed by atoms with van der Waals surface area (Å²) in [5.74, 6) is -1.45. The normalized spacial score (nSPS) is 30.9. The lowest BCUT2D eigenvalue weighted by atomic mass is 9.81. The SMILES string of the molecule is CC1(C)O[C@H]2C=CC(C(C)(C)C(=O)O)=C[C@H]2O1. The Hall–Kier alpha value is -1.13. The lowest BCUT2D eigenvalue weighted by Crippen LogP contribution is -2.30. The molecule has 1 heterocycles. The molecule has 94 valence electrons. The van der Waals surface area contributed by atoms with Crippen LogP contribution in [-0.4, -0.2) is 29.1 Å². The summed E-state index contributed by atoms with van der Waals surface area (Å²) in [5, 5.41) is 9.19. The second kappa shape index (κ2) is 3.68. The molecule has 0 saturated carbocycles. The smallest absolute Gasteiger partial charge is 0.313 e. The standard InChI is InChI=1S/C13H18O4/c1-12(2,11(14)15)8-5-6-9-10(7-8)17-13(3,4)16-9/h5-7,9-10H,1-4H3,(H,14,15)/t9-,10+/m0/s1. The van der Waals surface area contributed by atoms with Gasteiger partial charge in [-0.3, -0.25) is 4.79 Å². The largest absolute Gasteiger partial charge is 0.481 e. The number of rotatable bonds is 2. The van der Waals surface area contributed by atoms with Crippen LogP contribution in [0.25, 0.3) is 0 Å². The summed E-state index contributed by atoms with van der Waals surface area (Å²) in [5.41, 5.74) is -0.148. The molecule has 2 aliphatic rings. The fourth-order valence-electron chi connectivity index (χ4n) is 2.07.